The van der Waals surface area contributed by atoms with Crippen LogP contribution in [0.4, 0.5) is 13.2 Å². The summed E-state index contributed by atoms with van der Waals surface area (Å²) in [6.07, 6.45) is 0.832. The molecule has 2 heterocycles. The van der Waals surface area contributed by atoms with Crippen molar-refractivity contribution in [2.75, 3.05) is 0 Å². The van der Waals surface area contributed by atoms with Crippen LogP contribution in [-0.2, 0) is 6.42 Å². The average Bonchev–Trinajstić information content (AvgIpc) is 2.95. The molecular formula is C20H18BrF3N2. The van der Waals surface area contributed by atoms with E-state index in [0.29, 0.717) is 15.7 Å². The topological polar surface area (TPSA) is 17.3 Å². The number of hydrogen-bond donors (Lipinski definition) is 0. The van der Waals surface area contributed by atoms with Gasteiger partial charge >= 0.3 is 0 Å². The highest BCUT2D eigenvalue weighted by molar-refractivity contribution is 9.10. The molecule has 1 aromatic carbocycles. The standard InChI is InChI=1S/C20H18BrF3N2/c1-11-6-7-14(13-5-3-2-4-12(13)8-17(23)24)20-19(11)25-18-9-16(22)15(21)10-26(18)20/h2-5,9-11,14,17H,6-8H2,1H3/t11-,14?/m1/s1. The zero-order valence-corrected chi connectivity index (χ0v) is 15.8. The number of aromatic nitrogens is 2. The molecule has 0 spiro atoms. The summed E-state index contributed by atoms with van der Waals surface area (Å²) in [6, 6.07) is 8.81. The maximum Gasteiger partial charge on any atom is 0.242 e. The Morgan fingerprint density at radius 1 is 1.27 bits per heavy atom. The van der Waals surface area contributed by atoms with E-state index in [4.69, 9.17) is 0 Å². The second-order valence-corrected chi connectivity index (χ2v) is 7.76. The maximum absolute atomic E-state index is 14.0. The second kappa shape index (κ2) is 6.72. The summed E-state index contributed by atoms with van der Waals surface area (Å²) < 4.78 is 42.3. The average molecular weight is 423 g/mol. The fourth-order valence-corrected chi connectivity index (χ4v) is 4.32. The predicted octanol–water partition coefficient (Wildman–Crippen LogP) is 6.07. The van der Waals surface area contributed by atoms with Crippen LogP contribution in [0.3, 0.4) is 0 Å². The number of pyridine rings is 1. The molecule has 1 aliphatic rings. The summed E-state index contributed by atoms with van der Waals surface area (Å²) >= 11 is 3.24. The van der Waals surface area contributed by atoms with E-state index in [2.05, 4.69) is 27.8 Å². The van der Waals surface area contributed by atoms with Crippen LogP contribution < -0.4 is 0 Å². The van der Waals surface area contributed by atoms with Crippen molar-refractivity contribution in [3.05, 3.63) is 69.3 Å². The van der Waals surface area contributed by atoms with Gasteiger partial charge in [-0.2, -0.15) is 0 Å². The van der Waals surface area contributed by atoms with E-state index in [0.717, 1.165) is 29.8 Å². The van der Waals surface area contributed by atoms with Gasteiger partial charge in [0.25, 0.3) is 0 Å². The molecular weight excluding hydrogens is 405 g/mol. The molecule has 0 saturated heterocycles. The van der Waals surface area contributed by atoms with E-state index in [1.165, 1.54) is 6.07 Å². The number of imidazole rings is 1. The zero-order valence-electron chi connectivity index (χ0n) is 14.2. The maximum atomic E-state index is 14.0. The van der Waals surface area contributed by atoms with Gasteiger partial charge in [0.15, 0.2) is 0 Å². The third-order valence-electron chi connectivity index (χ3n) is 5.22. The minimum absolute atomic E-state index is 0.0245. The molecule has 2 nitrogen and oxygen atoms in total. The minimum Gasteiger partial charge on any atom is -0.302 e. The van der Waals surface area contributed by atoms with Gasteiger partial charge in [-0.1, -0.05) is 31.2 Å². The molecule has 1 unspecified atom stereocenters. The van der Waals surface area contributed by atoms with Crippen molar-refractivity contribution in [3.8, 4) is 0 Å². The number of hydrogen-bond acceptors (Lipinski definition) is 1. The normalized spacial score (nSPS) is 19.9. The molecule has 3 aromatic rings. The lowest BCUT2D eigenvalue weighted by Gasteiger charge is -2.28. The van der Waals surface area contributed by atoms with Crippen LogP contribution in [-0.4, -0.2) is 15.8 Å². The van der Waals surface area contributed by atoms with Crippen molar-refractivity contribution in [2.45, 2.75) is 44.4 Å². The van der Waals surface area contributed by atoms with Gasteiger partial charge < -0.3 is 4.40 Å². The number of fused-ring (bicyclic) bond motifs is 3. The van der Waals surface area contributed by atoms with E-state index < -0.39 is 6.43 Å². The van der Waals surface area contributed by atoms with Crippen LogP contribution in [0.1, 0.15) is 54.1 Å². The van der Waals surface area contributed by atoms with Crippen LogP contribution in [0.25, 0.3) is 5.65 Å². The van der Waals surface area contributed by atoms with E-state index in [1.54, 1.807) is 18.3 Å². The number of rotatable bonds is 3. The predicted molar refractivity (Wildman–Crippen MR) is 98.5 cm³/mol. The Labute approximate surface area is 158 Å². The quantitative estimate of drug-likeness (QED) is 0.500. The number of halogens is 4. The van der Waals surface area contributed by atoms with Crippen molar-refractivity contribution in [3.63, 3.8) is 0 Å². The summed E-state index contributed by atoms with van der Waals surface area (Å²) in [5.74, 6) is -0.129. The third kappa shape index (κ3) is 2.94. The molecule has 6 heteroatoms. The largest absolute Gasteiger partial charge is 0.302 e. The third-order valence-corrected chi connectivity index (χ3v) is 5.80. The molecule has 0 saturated carbocycles. The summed E-state index contributed by atoms with van der Waals surface area (Å²) in [4.78, 5) is 4.66. The van der Waals surface area contributed by atoms with Crippen LogP contribution in [0.2, 0.25) is 0 Å². The minimum atomic E-state index is -2.39. The SMILES string of the molecule is C[C@@H]1CCC(c2ccccc2CC(F)F)c2c1nc1cc(F)c(Br)cn21. The van der Waals surface area contributed by atoms with Gasteiger partial charge in [0.1, 0.15) is 11.5 Å². The molecule has 0 bridgehead atoms. The van der Waals surface area contributed by atoms with Crippen LogP contribution in [0.15, 0.2) is 41.0 Å². The lowest BCUT2D eigenvalue weighted by Crippen LogP contribution is -2.17. The van der Waals surface area contributed by atoms with Crippen molar-refractivity contribution in [2.24, 2.45) is 0 Å². The van der Waals surface area contributed by atoms with E-state index >= 15 is 0 Å². The Hall–Kier alpha value is -1.82. The fourth-order valence-electron chi connectivity index (χ4n) is 4.00. The highest BCUT2D eigenvalue weighted by Crippen LogP contribution is 2.43. The Morgan fingerprint density at radius 3 is 2.81 bits per heavy atom. The lowest BCUT2D eigenvalue weighted by molar-refractivity contribution is 0.148. The molecule has 2 aromatic heterocycles. The van der Waals surface area contributed by atoms with E-state index in [-0.39, 0.29) is 24.1 Å². The highest BCUT2D eigenvalue weighted by Gasteiger charge is 2.32. The second-order valence-electron chi connectivity index (χ2n) is 6.90. The highest BCUT2D eigenvalue weighted by atomic mass is 79.9. The first-order valence-corrected chi connectivity index (χ1v) is 9.48. The molecule has 0 amide bonds. The molecule has 136 valence electrons. The molecule has 0 fully saturated rings. The van der Waals surface area contributed by atoms with E-state index in [9.17, 15) is 13.2 Å². The summed E-state index contributed by atoms with van der Waals surface area (Å²) in [6.45, 7) is 2.11. The molecule has 1 aliphatic carbocycles. The summed E-state index contributed by atoms with van der Waals surface area (Å²) in [5, 5.41) is 0. The summed E-state index contributed by atoms with van der Waals surface area (Å²) in [5.41, 5.74) is 4.07. The first kappa shape index (κ1) is 17.6. The molecule has 2 atom stereocenters. The van der Waals surface area contributed by atoms with Gasteiger partial charge in [-0.05, 0) is 39.9 Å². The molecule has 4 rings (SSSR count). The summed E-state index contributed by atoms with van der Waals surface area (Å²) in [7, 11) is 0. The van der Waals surface area contributed by atoms with Crippen molar-refractivity contribution >= 4 is 21.6 Å². The Morgan fingerprint density at radius 2 is 2.04 bits per heavy atom. The zero-order chi connectivity index (χ0) is 18.4. The lowest BCUT2D eigenvalue weighted by atomic mass is 9.78. The number of benzene rings is 1. The van der Waals surface area contributed by atoms with Crippen molar-refractivity contribution < 1.29 is 13.2 Å². The Balaban J connectivity index is 1.92. The monoisotopic (exact) mass is 422 g/mol. The smallest absolute Gasteiger partial charge is 0.242 e. The first-order valence-electron chi connectivity index (χ1n) is 8.68. The molecule has 0 radical (unpaired) electrons. The Kier molecular flexibility index (Phi) is 4.55. The van der Waals surface area contributed by atoms with Crippen LogP contribution in [0, 0.1) is 5.82 Å². The molecule has 0 N–H and O–H groups in total. The van der Waals surface area contributed by atoms with Crippen LogP contribution >= 0.6 is 15.9 Å². The van der Waals surface area contributed by atoms with E-state index in [1.807, 2.05) is 16.5 Å². The van der Waals surface area contributed by atoms with Crippen molar-refractivity contribution in [1.82, 2.24) is 9.38 Å². The molecule has 26 heavy (non-hydrogen) atoms. The van der Waals surface area contributed by atoms with Gasteiger partial charge in [0.05, 0.1) is 15.9 Å². The number of alkyl halides is 2. The van der Waals surface area contributed by atoms with Gasteiger partial charge in [-0.15, -0.1) is 0 Å². The number of nitrogens with zero attached hydrogens (tertiary/aromatic N) is 2. The Bertz CT molecular complexity index is 967. The fraction of sp³-hybridized carbons (Fsp3) is 0.350. The van der Waals surface area contributed by atoms with Crippen molar-refractivity contribution in [1.29, 1.82) is 0 Å². The van der Waals surface area contributed by atoms with Gasteiger partial charge in [-0.25, -0.2) is 18.2 Å². The van der Waals surface area contributed by atoms with Gasteiger partial charge in [0.2, 0.25) is 6.43 Å². The first-order chi connectivity index (χ1) is 12.5. The van der Waals surface area contributed by atoms with Gasteiger partial charge in [-0.3, -0.25) is 0 Å². The van der Waals surface area contributed by atoms with Crippen LogP contribution in [0.5, 0.6) is 0 Å². The van der Waals surface area contributed by atoms with Gasteiger partial charge in [0, 0.05) is 30.5 Å². The molecule has 0 aliphatic heterocycles.